The van der Waals surface area contributed by atoms with Gasteiger partial charge in [-0.1, -0.05) is 42.5 Å². The lowest BCUT2D eigenvalue weighted by Gasteiger charge is -2.09. The second-order valence-corrected chi connectivity index (χ2v) is 7.58. The summed E-state index contributed by atoms with van der Waals surface area (Å²) in [5.74, 6) is 1.64. The van der Waals surface area contributed by atoms with Gasteiger partial charge in [-0.05, 0) is 53.4 Å². The van der Waals surface area contributed by atoms with Crippen molar-refractivity contribution in [3.05, 3.63) is 95.2 Å². The molecule has 0 radical (unpaired) electrons. The van der Waals surface area contributed by atoms with Crippen molar-refractivity contribution in [1.29, 1.82) is 0 Å². The molecule has 0 atom stereocenters. The van der Waals surface area contributed by atoms with E-state index in [2.05, 4.69) is 16.7 Å². The minimum Gasteiger partial charge on any atom is -0.497 e. The largest absolute Gasteiger partial charge is 0.497 e. The van der Waals surface area contributed by atoms with Crippen LogP contribution < -0.4 is 9.47 Å². The van der Waals surface area contributed by atoms with Gasteiger partial charge in [0.15, 0.2) is 6.29 Å². The van der Waals surface area contributed by atoms with Gasteiger partial charge in [0, 0.05) is 17.4 Å². The van der Waals surface area contributed by atoms with Gasteiger partial charge in [-0.2, -0.15) is 0 Å². The number of aromatic nitrogens is 1. The zero-order valence-electron chi connectivity index (χ0n) is 18.4. The lowest BCUT2D eigenvalue weighted by Crippen LogP contribution is -2.06. The zero-order valence-corrected chi connectivity index (χ0v) is 18.4. The molecule has 4 rings (SSSR count). The number of ether oxygens (including phenoxy) is 3. The Morgan fingerprint density at radius 3 is 2.06 bits per heavy atom. The molecule has 4 aromatic rings. The van der Waals surface area contributed by atoms with Gasteiger partial charge < -0.3 is 18.8 Å². The Bertz CT molecular complexity index is 1180. The normalized spacial score (nSPS) is 10.9. The van der Waals surface area contributed by atoms with Crippen molar-refractivity contribution < 1.29 is 19.0 Å². The number of aldehydes is 1. The Balaban J connectivity index is 1.52. The van der Waals surface area contributed by atoms with Crippen LogP contribution in [0, 0.1) is 0 Å². The number of hydrogen-bond donors (Lipinski definition) is 0. The quantitative estimate of drug-likeness (QED) is 0.254. The van der Waals surface area contributed by atoms with Crippen molar-refractivity contribution in [2.75, 3.05) is 20.8 Å². The first-order valence-electron chi connectivity index (χ1n) is 10.6. The Morgan fingerprint density at radius 1 is 0.812 bits per heavy atom. The van der Waals surface area contributed by atoms with E-state index < -0.39 is 0 Å². The van der Waals surface area contributed by atoms with Crippen LogP contribution in [0.1, 0.15) is 27.2 Å². The fourth-order valence-corrected chi connectivity index (χ4v) is 3.96. The molecule has 0 amide bonds. The van der Waals surface area contributed by atoms with E-state index in [0.29, 0.717) is 31.9 Å². The number of benzene rings is 3. The first-order valence-corrected chi connectivity index (χ1v) is 10.6. The Labute approximate surface area is 188 Å². The SMILES string of the molecule is COc1ccc(COCCc2c(C=O)n(Cc3ccc(OC)cc3)c3ccccc23)cc1. The van der Waals surface area contributed by atoms with Crippen LogP contribution in [0.4, 0.5) is 0 Å². The summed E-state index contributed by atoms with van der Waals surface area (Å²) < 4.78 is 18.5. The summed E-state index contributed by atoms with van der Waals surface area (Å²) in [7, 11) is 3.31. The molecule has 5 nitrogen and oxygen atoms in total. The molecule has 0 bridgehead atoms. The van der Waals surface area contributed by atoms with Crippen LogP contribution in [-0.4, -0.2) is 31.7 Å². The number of rotatable bonds is 10. The molecular formula is C27H27NO4. The third kappa shape index (κ3) is 4.68. The molecule has 0 N–H and O–H groups in total. The Hall–Kier alpha value is -3.57. The highest BCUT2D eigenvalue weighted by atomic mass is 16.5. The van der Waals surface area contributed by atoms with E-state index in [1.165, 1.54) is 0 Å². The summed E-state index contributed by atoms with van der Waals surface area (Å²) in [5.41, 5.74) is 4.98. The number of methoxy groups -OCH3 is 2. The number of carbonyl (C=O) groups is 1. The van der Waals surface area contributed by atoms with E-state index in [4.69, 9.17) is 14.2 Å². The Morgan fingerprint density at radius 2 is 1.44 bits per heavy atom. The molecule has 0 unspecified atom stereocenters. The topological polar surface area (TPSA) is 49.7 Å². The van der Waals surface area contributed by atoms with Gasteiger partial charge in [0.25, 0.3) is 0 Å². The molecule has 0 fully saturated rings. The van der Waals surface area contributed by atoms with Crippen molar-refractivity contribution >= 4 is 17.2 Å². The van der Waals surface area contributed by atoms with Crippen molar-refractivity contribution in [3.63, 3.8) is 0 Å². The van der Waals surface area contributed by atoms with Gasteiger partial charge in [0.05, 0.1) is 33.1 Å². The van der Waals surface area contributed by atoms with Crippen LogP contribution >= 0.6 is 0 Å². The highest BCUT2D eigenvalue weighted by Crippen LogP contribution is 2.27. The van der Waals surface area contributed by atoms with Crippen LogP contribution in [0.25, 0.3) is 10.9 Å². The smallest absolute Gasteiger partial charge is 0.166 e. The summed E-state index contributed by atoms with van der Waals surface area (Å²) in [6, 6.07) is 23.9. The molecule has 0 aliphatic heterocycles. The maximum absolute atomic E-state index is 12.1. The first-order chi connectivity index (χ1) is 15.7. The molecule has 164 valence electrons. The van der Waals surface area contributed by atoms with E-state index in [9.17, 15) is 4.79 Å². The minimum absolute atomic E-state index is 0.519. The van der Waals surface area contributed by atoms with Gasteiger partial charge in [-0.25, -0.2) is 0 Å². The summed E-state index contributed by atoms with van der Waals surface area (Å²) >= 11 is 0. The second-order valence-electron chi connectivity index (χ2n) is 7.58. The molecule has 0 saturated carbocycles. The molecule has 0 aliphatic carbocycles. The van der Waals surface area contributed by atoms with Gasteiger partial charge in [-0.15, -0.1) is 0 Å². The monoisotopic (exact) mass is 429 g/mol. The molecule has 32 heavy (non-hydrogen) atoms. The van der Waals surface area contributed by atoms with E-state index >= 15 is 0 Å². The number of carbonyl (C=O) groups excluding carboxylic acids is 1. The van der Waals surface area contributed by atoms with E-state index in [-0.39, 0.29) is 0 Å². The first kappa shape index (κ1) is 21.7. The maximum Gasteiger partial charge on any atom is 0.166 e. The van der Waals surface area contributed by atoms with Crippen molar-refractivity contribution in [2.45, 2.75) is 19.6 Å². The Kier molecular flexibility index (Phi) is 6.87. The number of para-hydroxylation sites is 1. The molecule has 3 aromatic carbocycles. The highest BCUT2D eigenvalue weighted by molar-refractivity contribution is 5.93. The average molecular weight is 430 g/mol. The summed E-state index contributed by atoms with van der Waals surface area (Å²) in [6.45, 7) is 1.67. The zero-order chi connectivity index (χ0) is 22.3. The third-order valence-corrected chi connectivity index (χ3v) is 5.66. The average Bonchev–Trinajstić information content (AvgIpc) is 3.15. The number of fused-ring (bicyclic) bond motifs is 1. The third-order valence-electron chi connectivity index (χ3n) is 5.66. The molecule has 1 aromatic heterocycles. The molecular weight excluding hydrogens is 402 g/mol. The van der Waals surface area contributed by atoms with Gasteiger partial charge >= 0.3 is 0 Å². The maximum atomic E-state index is 12.1. The van der Waals surface area contributed by atoms with E-state index in [0.717, 1.165) is 45.4 Å². The minimum atomic E-state index is 0.519. The molecule has 5 heteroatoms. The van der Waals surface area contributed by atoms with Gasteiger partial charge in [0.1, 0.15) is 11.5 Å². The van der Waals surface area contributed by atoms with E-state index in [1.54, 1.807) is 14.2 Å². The predicted octanol–water partition coefficient (Wildman–Crippen LogP) is 5.28. The fourth-order valence-electron chi connectivity index (χ4n) is 3.96. The van der Waals surface area contributed by atoms with Gasteiger partial charge in [-0.3, -0.25) is 4.79 Å². The van der Waals surface area contributed by atoms with Crippen LogP contribution in [0.5, 0.6) is 11.5 Å². The predicted molar refractivity (Wildman–Crippen MR) is 126 cm³/mol. The molecule has 0 spiro atoms. The highest BCUT2D eigenvalue weighted by Gasteiger charge is 2.16. The van der Waals surface area contributed by atoms with Crippen molar-refractivity contribution in [1.82, 2.24) is 4.57 Å². The second kappa shape index (κ2) is 10.2. The number of nitrogens with zero attached hydrogens (tertiary/aromatic N) is 1. The summed E-state index contributed by atoms with van der Waals surface area (Å²) in [6.07, 6.45) is 1.63. The summed E-state index contributed by atoms with van der Waals surface area (Å²) in [4.78, 5) is 12.1. The lowest BCUT2D eigenvalue weighted by atomic mass is 10.1. The fraction of sp³-hybridized carbons (Fsp3) is 0.222. The van der Waals surface area contributed by atoms with Crippen molar-refractivity contribution in [2.24, 2.45) is 0 Å². The van der Waals surface area contributed by atoms with Crippen molar-refractivity contribution in [3.8, 4) is 11.5 Å². The van der Waals surface area contributed by atoms with E-state index in [1.807, 2.05) is 60.7 Å². The lowest BCUT2D eigenvalue weighted by molar-refractivity contribution is 0.111. The number of hydrogen-bond acceptors (Lipinski definition) is 4. The standard InChI is InChI=1S/C27H27NO4/c1-30-22-11-7-20(8-12-22)17-28-26-6-4-3-5-24(26)25(27(28)18-29)15-16-32-19-21-9-13-23(31-2)14-10-21/h3-14,18H,15-17,19H2,1-2H3. The van der Waals surface area contributed by atoms with Crippen LogP contribution in [0.15, 0.2) is 72.8 Å². The molecule has 1 heterocycles. The van der Waals surface area contributed by atoms with Crippen LogP contribution in [0.2, 0.25) is 0 Å². The summed E-state index contributed by atoms with van der Waals surface area (Å²) in [5, 5.41) is 1.09. The molecule has 0 saturated heterocycles. The molecule has 0 aliphatic rings. The van der Waals surface area contributed by atoms with Crippen LogP contribution in [0.3, 0.4) is 0 Å². The van der Waals surface area contributed by atoms with Gasteiger partial charge in [0.2, 0.25) is 0 Å². The van der Waals surface area contributed by atoms with Crippen LogP contribution in [-0.2, 0) is 24.3 Å².